The van der Waals surface area contributed by atoms with Crippen molar-refractivity contribution in [3.63, 3.8) is 0 Å². The summed E-state index contributed by atoms with van der Waals surface area (Å²) in [7, 11) is 0. The van der Waals surface area contributed by atoms with Crippen molar-refractivity contribution in [2.24, 2.45) is 5.73 Å². The minimum atomic E-state index is -0.669. The van der Waals surface area contributed by atoms with E-state index in [1.165, 1.54) is 6.20 Å². The maximum Gasteiger partial charge on any atom is 0.233 e. The van der Waals surface area contributed by atoms with Crippen molar-refractivity contribution in [3.05, 3.63) is 66.4 Å². The Morgan fingerprint density at radius 3 is 2.38 bits per heavy atom. The molecule has 0 bridgehead atoms. The SMILES string of the molecule is NC(=O)CC(C(=O)Nc1cnc2ccccc2n1)c1ccccc1. The van der Waals surface area contributed by atoms with E-state index in [0.29, 0.717) is 11.3 Å². The maximum absolute atomic E-state index is 12.6. The van der Waals surface area contributed by atoms with Crippen molar-refractivity contribution >= 4 is 28.7 Å². The number of amides is 2. The Kier molecular flexibility index (Phi) is 4.47. The van der Waals surface area contributed by atoms with Gasteiger partial charge in [0.1, 0.15) is 0 Å². The van der Waals surface area contributed by atoms with E-state index in [2.05, 4.69) is 15.3 Å². The number of hydrogen-bond acceptors (Lipinski definition) is 4. The van der Waals surface area contributed by atoms with Crippen molar-refractivity contribution in [2.45, 2.75) is 12.3 Å². The first-order chi connectivity index (χ1) is 11.6. The van der Waals surface area contributed by atoms with Crippen molar-refractivity contribution < 1.29 is 9.59 Å². The molecule has 0 aliphatic carbocycles. The number of fused-ring (bicyclic) bond motifs is 1. The predicted molar refractivity (Wildman–Crippen MR) is 91.2 cm³/mol. The topological polar surface area (TPSA) is 98.0 Å². The van der Waals surface area contributed by atoms with Crippen molar-refractivity contribution in [2.75, 3.05) is 5.32 Å². The summed E-state index contributed by atoms with van der Waals surface area (Å²) in [5, 5.41) is 2.72. The van der Waals surface area contributed by atoms with Gasteiger partial charge in [-0.05, 0) is 17.7 Å². The van der Waals surface area contributed by atoms with E-state index in [1.807, 2.05) is 42.5 Å². The van der Waals surface area contributed by atoms with Gasteiger partial charge in [0.2, 0.25) is 11.8 Å². The zero-order valence-corrected chi connectivity index (χ0v) is 12.8. The Morgan fingerprint density at radius 2 is 1.67 bits per heavy atom. The molecule has 1 aromatic heterocycles. The normalized spacial score (nSPS) is 11.8. The van der Waals surface area contributed by atoms with E-state index >= 15 is 0 Å². The summed E-state index contributed by atoms with van der Waals surface area (Å²) in [4.78, 5) is 32.5. The van der Waals surface area contributed by atoms with Gasteiger partial charge in [-0.3, -0.25) is 14.6 Å². The largest absolute Gasteiger partial charge is 0.370 e. The van der Waals surface area contributed by atoms with Crippen LogP contribution in [0, 0.1) is 0 Å². The lowest BCUT2D eigenvalue weighted by Crippen LogP contribution is -2.26. The summed E-state index contributed by atoms with van der Waals surface area (Å²) in [5.74, 6) is -1.21. The van der Waals surface area contributed by atoms with E-state index in [1.54, 1.807) is 12.1 Å². The van der Waals surface area contributed by atoms with Gasteiger partial charge in [0, 0.05) is 6.42 Å². The summed E-state index contributed by atoms with van der Waals surface area (Å²) in [6.45, 7) is 0. The molecule has 3 N–H and O–H groups in total. The van der Waals surface area contributed by atoms with Crippen LogP contribution in [0.15, 0.2) is 60.8 Å². The zero-order chi connectivity index (χ0) is 16.9. The minimum Gasteiger partial charge on any atom is -0.370 e. The third-order valence-corrected chi connectivity index (χ3v) is 3.62. The number of hydrogen-bond donors (Lipinski definition) is 2. The van der Waals surface area contributed by atoms with Gasteiger partial charge in [0.05, 0.1) is 23.1 Å². The van der Waals surface area contributed by atoms with Crippen LogP contribution >= 0.6 is 0 Å². The van der Waals surface area contributed by atoms with Crippen LogP contribution < -0.4 is 11.1 Å². The molecule has 2 aromatic carbocycles. The molecule has 3 rings (SSSR count). The molecule has 1 unspecified atom stereocenters. The molecule has 24 heavy (non-hydrogen) atoms. The van der Waals surface area contributed by atoms with Crippen LogP contribution in [0.1, 0.15) is 17.9 Å². The quantitative estimate of drug-likeness (QED) is 0.753. The van der Waals surface area contributed by atoms with Crippen LogP contribution in [-0.2, 0) is 9.59 Å². The van der Waals surface area contributed by atoms with Gasteiger partial charge in [-0.2, -0.15) is 0 Å². The molecule has 2 amide bonds. The van der Waals surface area contributed by atoms with Gasteiger partial charge >= 0.3 is 0 Å². The Balaban J connectivity index is 1.85. The molecule has 0 aliphatic rings. The molecule has 6 heteroatoms. The number of para-hydroxylation sites is 2. The van der Waals surface area contributed by atoms with Gasteiger partial charge in [0.25, 0.3) is 0 Å². The van der Waals surface area contributed by atoms with E-state index < -0.39 is 11.8 Å². The van der Waals surface area contributed by atoms with Crippen LogP contribution in [0.4, 0.5) is 5.82 Å². The minimum absolute atomic E-state index is 0.0726. The molecule has 0 saturated carbocycles. The first-order valence-electron chi connectivity index (χ1n) is 7.49. The molecule has 6 nitrogen and oxygen atoms in total. The van der Waals surface area contributed by atoms with Crippen LogP contribution in [-0.4, -0.2) is 21.8 Å². The molecule has 0 spiro atoms. The Bertz CT molecular complexity index is 880. The van der Waals surface area contributed by atoms with Crippen molar-refractivity contribution in [1.82, 2.24) is 9.97 Å². The smallest absolute Gasteiger partial charge is 0.233 e. The third kappa shape index (κ3) is 3.55. The number of benzene rings is 2. The number of carbonyl (C=O) groups is 2. The van der Waals surface area contributed by atoms with Gasteiger partial charge in [0.15, 0.2) is 5.82 Å². The van der Waals surface area contributed by atoms with Gasteiger partial charge in [-0.25, -0.2) is 4.98 Å². The Labute approximate surface area is 138 Å². The number of aromatic nitrogens is 2. The van der Waals surface area contributed by atoms with Crippen molar-refractivity contribution in [1.29, 1.82) is 0 Å². The summed E-state index contributed by atoms with van der Waals surface area (Å²) in [6, 6.07) is 16.4. The molecular weight excluding hydrogens is 304 g/mol. The van der Waals surface area contributed by atoms with Gasteiger partial charge in [-0.15, -0.1) is 0 Å². The lowest BCUT2D eigenvalue weighted by molar-refractivity contribution is -0.123. The third-order valence-electron chi connectivity index (χ3n) is 3.62. The van der Waals surface area contributed by atoms with Gasteiger partial charge < -0.3 is 11.1 Å². The highest BCUT2D eigenvalue weighted by molar-refractivity contribution is 5.98. The average molecular weight is 320 g/mol. The molecule has 1 atom stereocenters. The number of anilines is 1. The second-order valence-electron chi connectivity index (χ2n) is 5.37. The average Bonchev–Trinajstić information content (AvgIpc) is 2.60. The standard InChI is InChI=1S/C18H16N4O2/c19-16(23)10-13(12-6-2-1-3-7-12)18(24)22-17-11-20-14-8-4-5-9-15(14)21-17/h1-9,11,13H,10H2,(H2,19,23)(H,21,22,24). The van der Waals surface area contributed by atoms with Crippen LogP contribution in [0.3, 0.4) is 0 Å². The number of carbonyl (C=O) groups excluding carboxylic acids is 2. The van der Waals surface area contributed by atoms with Crippen molar-refractivity contribution in [3.8, 4) is 0 Å². The molecule has 0 saturated heterocycles. The van der Waals surface area contributed by atoms with E-state index in [0.717, 1.165) is 11.1 Å². The summed E-state index contributed by atoms with van der Waals surface area (Å²) in [5.41, 5.74) is 7.44. The fourth-order valence-corrected chi connectivity index (χ4v) is 2.48. The van der Waals surface area contributed by atoms with Gasteiger partial charge in [-0.1, -0.05) is 42.5 Å². The van der Waals surface area contributed by atoms with E-state index in [9.17, 15) is 9.59 Å². The number of nitrogens with one attached hydrogen (secondary N) is 1. The summed E-state index contributed by atoms with van der Waals surface area (Å²) in [6.07, 6.45) is 1.42. The number of nitrogens with zero attached hydrogens (tertiary/aromatic N) is 2. The molecule has 0 fully saturated rings. The zero-order valence-electron chi connectivity index (χ0n) is 12.8. The molecular formula is C18H16N4O2. The predicted octanol–water partition coefficient (Wildman–Crippen LogP) is 2.23. The molecule has 0 radical (unpaired) electrons. The molecule has 3 aromatic rings. The van der Waals surface area contributed by atoms with E-state index in [4.69, 9.17) is 5.73 Å². The number of primary amides is 1. The lowest BCUT2D eigenvalue weighted by Gasteiger charge is -2.15. The molecule has 1 heterocycles. The van der Waals surface area contributed by atoms with Crippen LogP contribution in [0.2, 0.25) is 0 Å². The first kappa shape index (κ1) is 15.6. The fourth-order valence-electron chi connectivity index (χ4n) is 2.48. The molecule has 120 valence electrons. The fraction of sp³-hybridized carbons (Fsp3) is 0.111. The summed E-state index contributed by atoms with van der Waals surface area (Å²) >= 11 is 0. The highest BCUT2D eigenvalue weighted by atomic mass is 16.2. The highest BCUT2D eigenvalue weighted by Gasteiger charge is 2.23. The number of nitrogens with two attached hydrogens (primary N) is 1. The van der Waals surface area contributed by atoms with E-state index in [-0.39, 0.29) is 12.3 Å². The highest BCUT2D eigenvalue weighted by Crippen LogP contribution is 2.21. The molecule has 0 aliphatic heterocycles. The Hall–Kier alpha value is -3.28. The second kappa shape index (κ2) is 6.87. The monoisotopic (exact) mass is 320 g/mol. The van der Waals surface area contributed by atoms with Crippen LogP contribution in [0.25, 0.3) is 11.0 Å². The maximum atomic E-state index is 12.6. The summed E-state index contributed by atoms with van der Waals surface area (Å²) < 4.78 is 0. The van der Waals surface area contributed by atoms with Crippen LogP contribution in [0.5, 0.6) is 0 Å². The first-order valence-corrected chi connectivity index (χ1v) is 7.49. The lowest BCUT2D eigenvalue weighted by atomic mass is 9.94. The number of rotatable bonds is 5. The Morgan fingerprint density at radius 1 is 1.00 bits per heavy atom. The second-order valence-corrected chi connectivity index (χ2v) is 5.37.